The maximum atomic E-state index is 11.9. The molecule has 2 aromatic carbocycles. The van der Waals surface area contributed by atoms with Gasteiger partial charge in [-0.1, -0.05) is 28.1 Å². The van der Waals surface area contributed by atoms with Gasteiger partial charge in [0.1, 0.15) is 0 Å². The second-order valence-electron chi connectivity index (χ2n) is 4.98. The fourth-order valence-corrected chi connectivity index (χ4v) is 2.98. The number of fused-ring (bicyclic) bond motifs is 2. The molecule has 0 saturated heterocycles. The first-order valence-electron chi connectivity index (χ1n) is 6.75. The average molecular weight is 359 g/mol. The Morgan fingerprint density at radius 2 is 1.95 bits per heavy atom. The van der Waals surface area contributed by atoms with E-state index in [-0.39, 0.29) is 12.2 Å². The van der Waals surface area contributed by atoms with Crippen LogP contribution in [-0.4, -0.2) is 16.6 Å². The van der Waals surface area contributed by atoms with Crippen LogP contribution >= 0.6 is 15.9 Å². The van der Waals surface area contributed by atoms with Crippen LogP contribution in [0.25, 0.3) is 10.9 Å². The molecule has 0 unspecified atom stereocenters. The van der Waals surface area contributed by atoms with Gasteiger partial charge in [0.05, 0.1) is 18.3 Å². The lowest BCUT2D eigenvalue weighted by Crippen LogP contribution is -2.13. The van der Waals surface area contributed by atoms with Crippen molar-refractivity contribution >= 4 is 26.8 Å². The van der Waals surface area contributed by atoms with E-state index in [9.17, 15) is 4.79 Å². The highest BCUT2D eigenvalue weighted by Gasteiger charge is 2.17. The van der Waals surface area contributed by atoms with Crippen molar-refractivity contribution in [3.05, 3.63) is 62.9 Å². The van der Waals surface area contributed by atoms with E-state index in [4.69, 9.17) is 9.47 Å². The van der Waals surface area contributed by atoms with Gasteiger partial charge in [0.25, 0.3) is 0 Å². The lowest BCUT2D eigenvalue weighted by Gasteiger charge is -2.11. The van der Waals surface area contributed by atoms with Gasteiger partial charge >= 0.3 is 0 Å². The van der Waals surface area contributed by atoms with Gasteiger partial charge in [0, 0.05) is 9.86 Å². The second-order valence-corrected chi connectivity index (χ2v) is 5.83. The summed E-state index contributed by atoms with van der Waals surface area (Å²) in [5, 5.41) is 4.91. The van der Waals surface area contributed by atoms with Crippen molar-refractivity contribution in [3.8, 4) is 11.5 Å². The summed E-state index contributed by atoms with van der Waals surface area (Å²) in [6.07, 6.45) is 1.35. The van der Waals surface area contributed by atoms with E-state index in [2.05, 4.69) is 21.0 Å². The molecule has 0 spiro atoms. The smallest absolute Gasteiger partial charge is 0.231 e. The molecular formula is C16H11BrN2O3. The van der Waals surface area contributed by atoms with Gasteiger partial charge in [-0.3, -0.25) is 9.48 Å². The summed E-state index contributed by atoms with van der Waals surface area (Å²) in [7, 11) is 0. The number of ether oxygens (including phenoxy) is 2. The third-order valence-electron chi connectivity index (χ3n) is 3.62. The molecule has 0 amide bonds. The summed E-state index contributed by atoms with van der Waals surface area (Å²) >= 11 is 3.55. The molecule has 1 aromatic heterocycles. The van der Waals surface area contributed by atoms with Crippen molar-refractivity contribution in [3.63, 3.8) is 0 Å². The first kappa shape index (κ1) is 13.3. The van der Waals surface area contributed by atoms with Gasteiger partial charge in [0.2, 0.25) is 12.2 Å². The summed E-state index contributed by atoms with van der Waals surface area (Å²) in [5.41, 5.74) is 1.74. The van der Waals surface area contributed by atoms with Crippen molar-refractivity contribution < 1.29 is 9.47 Å². The molecule has 0 bridgehead atoms. The van der Waals surface area contributed by atoms with Gasteiger partial charge in [-0.05, 0) is 29.8 Å². The Labute approximate surface area is 134 Å². The standard InChI is InChI=1S/C16H11BrN2O3/c17-12-6-16-15(21-9-22-16)5-10(12)8-19-13-4-2-1-3-11(13)14(20)7-18-19/h1-7H,8-9H2. The van der Waals surface area contributed by atoms with Crippen molar-refractivity contribution in [2.45, 2.75) is 6.54 Å². The monoisotopic (exact) mass is 358 g/mol. The fourth-order valence-electron chi connectivity index (χ4n) is 2.53. The molecule has 1 aliphatic heterocycles. The highest BCUT2D eigenvalue weighted by Crippen LogP contribution is 2.37. The molecule has 0 N–H and O–H groups in total. The summed E-state index contributed by atoms with van der Waals surface area (Å²) in [4.78, 5) is 11.9. The normalized spacial score (nSPS) is 12.8. The first-order valence-corrected chi connectivity index (χ1v) is 7.54. The van der Waals surface area contributed by atoms with E-state index < -0.39 is 0 Å². The molecule has 3 aromatic rings. The second kappa shape index (κ2) is 5.14. The fraction of sp³-hybridized carbons (Fsp3) is 0.125. The molecule has 0 atom stereocenters. The van der Waals surface area contributed by atoms with Crippen LogP contribution < -0.4 is 14.9 Å². The van der Waals surface area contributed by atoms with E-state index >= 15 is 0 Å². The van der Waals surface area contributed by atoms with Crippen LogP contribution in [0.4, 0.5) is 0 Å². The summed E-state index contributed by atoms with van der Waals surface area (Å²) in [6, 6.07) is 11.3. The summed E-state index contributed by atoms with van der Waals surface area (Å²) in [5.74, 6) is 1.46. The van der Waals surface area contributed by atoms with Crippen LogP contribution in [0.15, 0.2) is 51.9 Å². The maximum Gasteiger partial charge on any atom is 0.231 e. The molecule has 1 aliphatic rings. The number of para-hydroxylation sites is 1. The van der Waals surface area contributed by atoms with Crippen molar-refractivity contribution in [2.24, 2.45) is 0 Å². The molecular weight excluding hydrogens is 348 g/mol. The Hall–Kier alpha value is -2.34. The predicted octanol–water partition coefficient (Wildman–Crippen LogP) is 2.94. The molecule has 0 saturated carbocycles. The summed E-state index contributed by atoms with van der Waals surface area (Å²) < 4.78 is 13.5. The molecule has 0 radical (unpaired) electrons. The molecule has 22 heavy (non-hydrogen) atoms. The van der Waals surface area contributed by atoms with Crippen LogP contribution in [0.2, 0.25) is 0 Å². The lowest BCUT2D eigenvalue weighted by atomic mass is 10.2. The number of hydrogen-bond donors (Lipinski definition) is 0. The minimum Gasteiger partial charge on any atom is -0.454 e. The molecule has 0 aliphatic carbocycles. The Morgan fingerprint density at radius 1 is 1.18 bits per heavy atom. The zero-order valence-corrected chi connectivity index (χ0v) is 13.0. The van der Waals surface area contributed by atoms with Crippen molar-refractivity contribution in [1.29, 1.82) is 0 Å². The minimum absolute atomic E-state index is 0.0726. The van der Waals surface area contributed by atoms with Gasteiger partial charge in [-0.25, -0.2) is 0 Å². The number of aromatic nitrogens is 2. The van der Waals surface area contributed by atoms with E-state index in [1.165, 1.54) is 6.20 Å². The van der Waals surface area contributed by atoms with Gasteiger partial charge in [-0.15, -0.1) is 0 Å². The zero-order chi connectivity index (χ0) is 15.1. The topological polar surface area (TPSA) is 53.4 Å². The molecule has 5 nitrogen and oxygen atoms in total. The van der Waals surface area contributed by atoms with Crippen LogP contribution in [0.3, 0.4) is 0 Å². The molecule has 6 heteroatoms. The van der Waals surface area contributed by atoms with Gasteiger partial charge in [0.15, 0.2) is 11.5 Å². The van der Waals surface area contributed by atoms with E-state index in [0.29, 0.717) is 11.9 Å². The van der Waals surface area contributed by atoms with Crippen molar-refractivity contribution in [1.82, 2.24) is 9.78 Å². The number of rotatable bonds is 2. The van der Waals surface area contributed by atoms with Crippen LogP contribution in [0, 0.1) is 0 Å². The molecule has 4 rings (SSSR count). The van der Waals surface area contributed by atoms with Gasteiger partial charge in [-0.2, -0.15) is 5.10 Å². The van der Waals surface area contributed by atoms with Crippen LogP contribution in [0.5, 0.6) is 11.5 Å². The molecule has 0 fully saturated rings. The van der Waals surface area contributed by atoms with Crippen LogP contribution in [0.1, 0.15) is 5.56 Å². The molecule has 2 heterocycles. The zero-order valence-electron chi connectivity index (χ0n) is 11.5. The highest BCUT2D eigenvalue weighted by molar-refractivity contribution is 9.10. The Kier molecular flexibility index (Phi) is 3.11. The number of nitrogens with zero attached hydrogens (tertiary/aromatic N) is 2. The summed E-state index contributed by atoms with van der Waals surface area (Å²) in [6.45, 7) is 0.766. The third-order valence-corrected chi connectivity index (χ3v) is 4.36. The highest BCUT2D eigenvalue weighted by atomic mass is 79.9. The van der Waals surface area contributed by atoms with Gasteiger partial charge < -0.3 is 9.47 Å². The van der Waals surface area contributed by atoms with E-state index in [1.54, 1.807) is 4.68 Å². The Balaban J connectivity index is 1.82. The first-order chi connectivity index (χ1) is 10.7. The van der Waals surface area contributed by atoms with Crippen LogP contribution in [-0.2, 0) is 6.54 Å². The number of halogens is 1. The Morgan fingerprint density at radius 3 is 2.82 bits per heavy atom. The number of hydrogen-bond acceptors (Lipinski definition) is 4. The lowest BCUT2D eigenvalue weighted by molar-refractivity contribution is 0.174. The third kappa shape index (κ3) is 2.16. The number of benzene rings is 2. The molecule has 110 valence electrons. The SMILES string of the molecule is O=c1cnn(Cc2cc3c(cc2Br)OCO3)c2ccccc12. The Bertz CT molecular complexity index is 936. The average Bonchev–Trinajstić information content (AvgIpc) is 2.97. The van der Waals surface area contributed by atoms with E-state index in [0.717, 1.165) is 27.1 Å². The minimum atomic E-state index is -0.0726. The van der Waals surface area contributed by atoms with E-state index in [1.807, 2.05) is 36.4 Å². The quantitative estimate of drug-likeness (QED) is 0.706. The van der Waals surface area contributed by atoms with Crippen molar-refractivity contribution in [2.75, 3.05) is 6.79 Å². The largest absolute Gasteiger partial charge is 0.454 e. The maximum absolute atomic E-state index is 11.9. The predicted molar refractivity (Wildman–Crippen MR) is 85.4 cm³/mol.